The maximum absolute atomic E-state index is 13.0. The van der Waals surface area contributed by atoms with Crippen molar-refractivity contribution in [1.82, 2.24) is 5.32 Å². The average molecular weight is 316 g/mol. The monoisotopic (exact) mass is 316 g/mol. The van der Waals surface area contributed by atoms with Gasteiger partial charge in [0, 0.05) is 11.2 Å². The highest BCUT2D eigenvalue weighted by Gasteiger charge is 2.60. The second kappa shape index (κ2) is 4.71. The number of amides is 2. The van der Waals surface area contributed by atoms with E-state index < -0.39 is 0 Å². The zero-order valence-corrected chi connectivity index (χ0v) is 13.9. The van der Waals surface area contributed by atoms with Crippen molar-refractivity contribution in [2.75, 3.05) is 5.32 Å². The third-order valence-corrected chi connectivity index (χ3v) is 6.11. The van der Waals surface area contributed by atoms with E-state index in [-0.39, 0.29) is 17.4 Å². The first-order valence-corrected chi connectivity index (χ1v) is 8.62. The van der Waals surface area contributed by atoms with E-state index in [9.17, 15) is 9.18 Å². The third kappa shape index (κ3) is 2.73. The number of hydrogen-bond acceptors (Lipinski definition) is 1. The van der Waals surface area contributed by atoms with E-state index in [1.165, 1.54) is 31.4 Å². The van der Waals surface area contributed by atoms with E-state index in [2.05, 4.69) is 24.5 Å². The maximum Gasteiger partial charge on any atom is 0.319 e. The van der Waals surface area contributed by atoms with Crippen LogP contribution in [0.4, 0.5) is 14.9 Å². The fourth-order valence-electron chi connectivity index (χ4n) is 6.52. The predicted molar refractivity (Wildman–Crippen MR) is 88.7 cm³/mol. The molecule has 0 aliphatic heterocycles. The minimum Gasteiger partial charge on any atom is -0.332 e. The molecule has 1 aromatic carbocycles. The Hall–Kier alpha value is -1.58. The first-order valence-electron chi connectivity index (χ1n) is 8.62. The molecule has 2 atom stereocenters. The van der Waals surface area contributed by atoms with Gasteiger partial charge in [0.05, 0.1) is 0 Å². The van der Waals surface area contributed by atoms with Crippen LogP contribution in [0.1, 0.15) is 52.4 Å². The van der Waals surface area contributed by atoms with E-state index >= 15 is 0 Å². The lowest BCUT2D eigenvalue weighted by atomic mass is 9.43. The molecule has 4 heteroatoms. The summed E-state index contributed by atoms with van der Waals surface area (Å²) in [5.74, 6) is 0.449. The number of benzene rings is 1. The number of carbonyl (C=O) groups is 1. The number of rotatable bonds is 2. The minimum atomic E-state index is -0.294. The van der Waals surface area contributed by atoms with Crippen molar-refractivity contribution in [3.8, 4) is 0 Å². The van der Waals surface area contributed by atoms with Crippen LogP contribution < -0.4 is 10.6 Å². The highest BCUT2D eigenvalue weighted by Crippen LogP contribution is 2.66. The first kappa shape index (κ1) is 15.0. The molecule has 3 nitrogen and oxygen atoms in total. The van der Waals surface area contributed by atoms with Crippen LogP contribution in [0.25, 0.3) is 0 Å². The third-order valence-electron chi connectivity index (χ3n) is 6.11. The molecule has 2 N–H and O–H groups in total. The van der Waals surface area contributed by atoms with Crippen LogP contribution >= 0.6 is 0 Å². The van der Waals surface area contributed by atoms with Gasteiger partial charge < -0.3 is 10.6 Å². The number of nitrogens with one attached hydrogen (secondary N) is 2. The van der Waals surface area contributed by atoms with E-state index in [1.807, 2.05) is 0 Å². The summed E-state index contributed by atoms with van der Waals surface area (Å²) >= 11 is 0. The molecular formula is C19H25FN2O. The number of halogens is 1. The topological polar surface area (TPSA) is 41.1 Å². The normalized spacial score (nSPS) is 40.9. The highest BCUT2D eigenvalue weighted by molar-refractivity contribution is 5.89. The molecule has 124 valence electrons. The van der Waals surface area contributed by atoms with Gasteiger partial charge in [-0.1, -0.05) is 13.8 Å². The molecule has 5 rings (SSSR count). The van der Waals surface area contributed by atoms with Gasteiger partial charge in [0.25, 0.3) is 0 Å². The minimum absolute atomic E-state index is 0.0625. The summed E-state index contributed by atoms with van der Waals surface area (Å²) in [5, 5.41) is 6.15. The Bertz CT molecular complexity index is 623. The summed E-state index contributed by atoms with van der Waals surface area (Å²) in [5.41, 5.74) is 1.31. The molecule has 4 aliphatic rings. The fourth-order valence-corrected chi connectivity index (χ4v) is 6.52. The lowest BCUT2D eigenvalue weighted by Gasteiger charge is -2.65. The lowest BCUT2D eigenvalue weighted by Crippen LogP contribution is -2.65. The molecule has 23 heavy (non-hydrogen) atoms. The van der Waals surface area contributed by atoms with Gasteiger partial charge in [0.2, 0.25) is 0 Å². The summed E-state index contributed by atoms with van der Waals surface area (Å²) in [7, 11) is 0. The van der Waals surface area contributed by atoms with Gasteiger partial charge >= 0.3 is 6.03 Å². The van der Waals surface area contributed by atoms with Crippen molar-refractivity contribution >= 4 is 11.7 Å². The summed E-state index contributed by atoms with van der Waals surface area (Å²) in [6, 6.07) is 5.75. The molecule has 0 radical (unpaired) electrons. The average Bonchev–Trinajstić information content (AvgIpc) is 2.36. The summed E-state index contributed by atoms with van der Waals surface area (Å²) in [6.45, 7) is 4.79. The van der Waals surface area contributed by atoms with Crippen molar-refractivity contribution in [1.29, 1.82) is 0 Å². The maximum atomic E-state index is 13.0. The van der Waals surface area contributed by atoms with Gasteiger partial charge in [-0.3, -0.25) is 0 Å². The molecule has 4 aliphatic carbocycles. The molecular weight excluding hydrogens is 291 g/mol. The Balaban J connectivity index is 1.49. The molecule has 0 aromatic heterocycles. The standard InChI is InChI=1S/C19H25FN2O/c1-17-7-13-8-18(2,10-17)12-19(9-13,11-17)22-16(23)21-15-5-3-14(20)4-6-15/h3-6,13H,7-12H2,1-2H3,(H2,21,22,23). The van der Waals surface area contributed by atoms with E-state index in [0.717, 1.165) is 25.2 Å². The van der Waals surface area contributed by atoms with Crippen LogP contribution in [0, 0.1) is 22.6 Å². The zero-order valence-electron chi connectivity index (χ0n) is 13.9. The van der Waals surface area contributed by atoms with Gasteiger partial charge in [-0.25, -0.2) is 9.18 Å². The molecule has 2 unspecified atom stereocenters. The second-order valence-electron chi connectivity index (χ2n) is 9.00. The Morgan fingerprint density at radius 3 is 2.22 bits per heavy atom. The smallest absolute Gasteiger partial charge is 0.319 e. The molecule has 4 saturated carbocycles. The van der Waals surface area contributed by atoms with Crippen molar-refractivity contribution in [2.45, 2.75) is 57.9 Å². The SMILES string of the molecule is CC12CC3CC(C)(C1)CC(NC(=O)Nc1ccc(F)cc1)(C3)C2. The molecule has 1 aromatic rings. The summed E-state index contributed by atoms with van der Waals surface area (Å²) in [6.07, 6.45) is 7.19. The van der Waals surface area contributed by atoms with Crippen molar-refractivity contribution < 1.29 is 9.18 Å². The first-order chi connectivity index (χ1) is 10.8. The van der Waals surface area contributed by atoms with Crippen molar-refractivity contribution in [3.63, 3.8) is 0 Å². The van der Waals surface area contributed by atoms with Crippen LogP contribution in [-0.4, -0.2) is 11.6 Å². The van der Waals surface area contributed by atoms with E-state index in [0.29, 0.717) is 16.5 Å². The molecule has 0 saturated heterocycles. The molecule has 0 heterocycles. The summed E-state index contributed by atoms with van der Waals surface area (Å²) < 4.78 is 13.0. The molecule has 2 amide bonds. The van der Waals surface area contributed by atoms with Crippen LogP contribution in [0.15, 0.2) is 24.3 Å². The van der Waals surface area contributed by atoms with Gasteiger partial charge in [-0.15, -0.1) is 0 Å². The number of carbonyl (C=O) groups excluding carboxylic acids is 1. The van der Waals surface area contributed by atoms with Crippen molar-refractivity contribution in [3.05, 3.63) is 30.1 Å². The van der Waals surface area contributed by atoms with Gasteiger partial charge in [-0.2, -0.15) is 0 Å². The number of urea groups is 1. The van der Waals surface area contributed by atoms with Crippen LogP contribution in [-0.2, 0) is 0 Å². The largest absolute Gasteiger partial charge is 0.332 e. The molecule has 0 spiro atoms. The Kier molecular flexibility index (Phi) is 3.07. The fraction of sp³-hybridized carbons (Fsp3) is 0.632. The van der Waals surface area contributed by atoms with Gasteiger partial charge in [-0.05, 0) is 79.5 Å². The Morgan fingerprint density at radius 2 is 1.65 bits per heavy atom. The van der Waals surface area contributed by atoms with Crippen LogP contribution in [0.2, 0.25) is 0 Å². The van der Waals surface area contributed by atoms with E-state index in [4.69, 9.17) is 0 Å². The van der Waals surface area contributed by atoms with Crippen molar-refractivity contribution in [2.24, 2.45) is 16.7 Å². The van der Waals surface area contributed by atoms with E-state index in [1.54, 1.807) is 12.1 Å². The zero-order chi connectivity index (χ0) is 16.3. The summed E-state index contributed by atoms with van der Waals surface area (Å²) in [4.78, 5) is 12.5. The molecule has 4 fully saturated rings. The molecule has 4 bridgehead atoms. The number of anilines is 1. The highest BCUT2D eigenvalue weighted by atomic mass is 19.1. The Labute approximate surface area is 137 Å². The van der Waals surface area contributed by atoms with Gasteiger partial charge in [0.15, 0.2) is 0 Å². The quantitative estimate of drug-likeness (QED) is 0.816. The number of hydrogen-bond donors (Lipinski definition) is 2. The van der Waals surface area contributed by atoms with Crippen LogP contribution in [0.5, 0.6) is 0 Å². The van der Waals surface area contributed by atoms with Crippen LogP contribution in [0.3, 0.4) is 0 Å². The van der Waals surface area contributed by atoms with Gasteiger partial charge in [0.1, 0.15) is 5.82 Å². The second-order valence-corrected chi connectivity index (χ2v) is 9.00. The lowest BCUT2D eigenvalue weighted by molar-refractivity contribution is -0.113. The predicted octanol–water partition coefficient (Wildman–Crippen LogP) is 4.70. The Morgan fingerprint density at radius 1 is 1.04 bits per heavy atom.